The van der Waals surface area contributed by atoms with Crippen LogP contribution in [0.3, 0.4) is 0 Å². The van der Waals surface area contributed by atoms with E-state index in [2.05, 4.69) is 0 Å². The van der Waals surface area contributed by atoms with E-state index in [1.54, 1.807) is 0 Å². The molecule has 0 saturated carbocycles. The average Bonchev–Trinajstić information content (AvgIpc) is 3.28. The van der Waals surface area contributed by atoms with Crippen LogP contribution < -0.4 is 4.90 Å². The Morgan fingerprint density at radius 3 is 2.12 bits per heavy atom. The minimum atomic E-state index is -0.622. The highest BCUT2D eigenvalue weighted by Crippen LogP contribution is 2.38. The third kappa shape index (κ3) is 2.75. The number of methoxy groups -OCH3 is 2. The summed E-state index contributed by atoms with van der Waals surface area (Å²) in [7, 11) is 2.56. The molecule has 1 aromatic heterocycles. The van der Waals surface area contributed by atoms with Gasteiger partial charge in [-0.25, -0.2) is 9.59 Å². The van der Waals surface area contributed by atoms with E-state index in [0.29, 0.717) is 17.2 Å². The van der Waals surface area contributed by atoms with Crippen molar-refractivity contribution in [3.8, 4) is 11.3 Å². The molecule has 6 heteroatoms. The van der Waals surface area contributed by atoms with Crippen LogP contribution >= 0.6 is 0 Å². The summed E-state index contributed by atoms with van der Waals surface area (Å²) >= 11 is 0. The van der Waals surface area contributed by atoms with Gasteiger partial charge in [-0.05, 0) is 12.8 Å². The molecule has 0 bridgehead atoms. The number of benzene rings is 1. The van der Waals surface area contributed by atoms with Crippen LogP contribution in [0.5, 0.6) is 0 Å². The zero-order chi connectivity index (χ0) is 17.1. The van der Waals surface area contributed by atoms with Gasteiger partial charge in [0.15, 0.2) is 5.76 Å². The van der Waals surface area contributed by atoms with E-state index < -0.39 is 11.9 Å². The van der Waals surface area contributed by atoms with Crippen molar-refractivity contribution in [1.82, 2.24) is 0 Å². The SMILES string of the molecule is COC(=O)c1c(-c2ccccc2)oc(N2CCCC2)c1C(=O)OC. The van der Waals surface area contributed by atoms with E-state index in [-0.39, 0.29) is 11.1 Å². The maximum Gasteiger partial charge on any atom is 0.344 e. The molecule has 0 aliphatic carbocycles. The lowest BCUT2D eigenvalue weighted by atomic mass is 10.0. The number of hydrogen-bond acceptors (Lipinski definition) is 6. The number of nitrogens with zero attached hydrogens (tertiary/aromatic N) is 1. The van der Waals surface area contributed by atoms with Crippen molar-refractivity contribution in [3.05, 3.63) is 41.5 Å². The largest absolute Gasteiger partial charge is 0.465 e. The summed E-state index contributed by atoms with van der Waals surface area (Å²) in [6.45, 7) is 1.54. The third-order valence-electron chi connectivity index (χ3n) is 4.10. The molecule has 0 atom stereocenters. The molecule has 2 heterocycles. The Balaban J connectivity index is 2.24. The summed E-state index contributed by atoms with van der Waals surface area (Å²) in [5.74, 6) is -0.532. The van der Waals surface area contributed by atoms with Crippen molar-refractivity contribution < 1.29 is 23.5 Å². The number of rotatable bonds is 4. The third-order valence-corrected chi connectivity index (χ3v) is 4.10. The first-order valence-corrected chi connectivity index (χ1v) is 7.81. The summed E-state index contributed by atoms with van der Waals surface area (Å²) in [5.41, 5.74) is 0.941. The Hall–Kier alpha value is -2.76. The lowest BCUT2D eigenvalue weighted by Gasteiger charge is -2.15. The summed E-state index contributed by atoms with van der Waals surface area (Å²) in [5, 5.41) is 0. The van der Waals surface area contributed by atoms with Crippen LogP contribution in [-0.4, -0.2) is 39.2 Å². The molecule has 0 amide bonds. The van der Waals surface area contributed by atoms with Crippen molar-refractivity contribution in [2.45, 2.75) is 12.8 Å². The number of hydrogen-bond donors (Lipinski definition) is 0. The van der Waals surface area contributed by atoms with Gasteiger partial charge in [-0.3, -0.25) is 0 Å². The number of esters is 2. The lowest BCUT2D eigenvalue weighted by molar-refractivity contribution is 0.0557. The second kappa shape index (κ2) is 6.78. The first-order chi connectivity index (χ1) is 11.7. The molecule has 0 unspecified atom stereocenters. The molecule has 0 N–H and O–H groups in total. The van der Waals surface area contributed by atoms with E-state index in [1.165, 1.54) is 14.2 Å². The van der Waals surface area contributed by atoms with Crippen LogP contribution in [0.4, 0.5) is 5.88 Å². The minimum absolute atomic E-state index is 0.109. The number of carbonyl (C=O) groups is 2. The second-order valence-corrected chi connectivity index (χ2v) is 5.53. The maximum absolute atomic E-state index is 12.4. The smallest absolute Gasteiger partial charge is 0.344 e. The van der Waals surface area contributed by atoms with Gasteiger partial charge in [0, 0.05) is 18.7 Å². The fraction of sp³-hybridized carbons (Fsp3) is 0.333. The van der Waals surface area contributed by atoms with Crippen molar-refractivity contribution in [3.63, 3.8) is 0 Å². The quantitative estimate of drug-likeness (QED) is 0.803. The average molecular weight is 329 g/mol. The van der Waals surface area contributed by atoms with Gasteiger partial charge in [0.2, 0.25) is 5.88 Å². The molecular formula is C18H19NO5. The molecule has 3 rings (SSSR count). The molecule has 1 saturated heterocycles. The highest BCUT2D eigenvalue weighted by molar-refractivity contribution is 6.10. The zero-order valence-corrected chi connectivity index (χ0v) is 13.7. The summed E-state index contributed by atoms with van der Waals surface area (Å²) < 4.78 is 15.8. The minimum Gasteiger partial charge on any atom is -0.465 e. The molecule has 1 aliphatic heterocycles. The standard InChI is InChI=1S/C18H19NO5/c1-22-17(20)13-14(18(21)23-2)16(19-10-6-7-11-19)24-15(13)12-8-4-3-5-9-12/h3-5,8-9H,6-7,10-11H2,1-2H3. The molecule has 2 aromatic rings. The predicted molar refractivity (Wildman–Crippen MR) is 88.3 cm³/mol. The maximum atomic E-state index is 12.4. The fourth-order valence-corrected chi connectivity index (χ4v) is 2.94. The monoisotopic (exact) mass is 329 g/mol. The normalized spacial score (nSPS) is 13.8. The van der Waals surface area contributed by atoms with Crippen LogP contribution in [0.1, 0.15) is 33.6 Å². The Morgan fingerprint density at radius 1 is 0.958 bits per heavy atom. The molecule has 0 spiro atoms. The van der Waals surface area contributed by atoms with Crippen LogP contribution in [-0.2, 0) is 9.47 Å². The first-order valence-electron chi connectivity index (χ1n) is 7.81. The van der Waals surface area contributed by atoms with Crippen LogP contribution in [0.2, 0.25) is 0 Å². The molecule has 1 aromatic carbocycles. The van der Waals surface area contributed by atoms with Crippen LogP contribution in [0, 0.1) is 0 Å². The molecule has 6 nitrogen and oxygen atoms in total. The predicted octanol–water partition coefficient (Wildman–Crippen LogP) is 3.12. The summed E-state index contributed by atoms with van der Waals surface area (Å²) in [4.78, 5) is 26.7. The van der Waals surface area contributed by atoms with Crippen molar-refractivity contribution >= 4 is 17.8 Å². The second-order valence-electron chi connectivity index (χ2n) is 5.53. The summed E-state index contributed by atoms with van der Waals surface area (Å²) in [6, 6.07) is 9.19. The number of anilines is 1. The number of carbonyl (C=O) groups excluding carboxylic acids is 2. The Morgan fingerprint density at radius 2 is 1.54 bits per heavy atom. The number of furan rings is 1. The Labute approximate surface area is 140 Å². The molecule has 24 heavy (non-hydrogen) atoms. The molecule has 1 aliphatic rings. The van der Waals surface area contributed by atoms with Crippen molar-refractivity contribution in [1.29, 1.82) is 0 Å². The van der Waals surface area contributed by atoms with Crippen LogP contribution in [0.25, 0.3) is 11.3 Å². The van der Waals surface area contributed by atoms with Gasteiger partial charge in [0.25, 0.3) is 0 Å². The number of ether oxygens (including phenoxy) is 2. The molecule has 0 radical (unpaired) electrons. The molecule has 1 fully saturated rings. The van der Waals surface area contributed by atoms with E-state index in [9.17, 15) is 9.59 Å². The first kappa shape index (κ1) is 16.1. The lowest BCUT2D eigenvalue weighted by Crippen LogP contribution is -2.21. The molecule has 126 valence electrons. The molecular weight excluding hydrogens is 310 g/mol. The van der Waals surface area contributed by atoms with Crippen molar-refractivity contribution in [2.75, 3.05) is 32.2 Å². The van der Waals surface area contributed by atoms with Gasteiger partial charge in [0.05, 0.1) is 14.2 Å². The topological polar surface area (TPSA) is 69.0 Å². The van der Waals surface area contributed by atoms with Gasteiger partial charge in [-0.1, -0.05) is 30.3 Å². The Kier molecular flexibility index (Phi) is 4.55. The van der Waals surface area contributed by atoms with E-state index in [1.807, 2.05) is 35.2 Å². The zero-order valence-electron chi connectivity index (χ0n) is 13.7. The fourth-order valence-electron chi connectivity index (χ4n) is 2.94. The van der Waals surface area contributed by atoms with E-state index in [4.69, 9.17) is 13.9 Å². The highest BCUT2D eigenvalue weighted by atomic mass is 16.5. The van der Waals surface area contributed by atoms with E-state index in [0.717, 1.165) is 25.9 Å². The van der Waals surface area contributed by atoms with Gasteiger partial charge in [-0.2, -0.15) is 0 Å². The van der Waals surface area contributed by atoms with Gasteiger partial charge in [-0.15, -0.1) is 0 Å². The van der Waals surface area contributed by atoms with Gasteiger partial charge >= 0.3 is 11.9 Å². The summed E-state index contributed by atoms with van der Waals surface area (Å²) in [6.07, 6.45) is 2.02. The van der Waals surface area contributed by atoms with Gasteiger partial charge < -0.3 is 18.8 Å². The highest BCUT2D eigenvalue weighted by Gasteiger charge is 2.35. The van der Waals surface area contributed by atoms with Crippen molar-refractivity contribution in [2.24, 2.45) is 0 Å². The van der Waals surface area contributed by atoms with E-state index >= 15 is 0 Å². The van der Waals surface area contributed by atoms with Gasteiger partial charge in [0.1, 0.15) is 11.1 Å². The Bertz CT molecular complexity index is 744. The van der Waals surface area contributed by atoms with Crippen LogP contribution in [0.15, 0.2) is 34.7 Å².